The molecule has 0 aliphatic heterocycles. The van der Waals surface area contributed by atoms with E-state index in [0.717, 1.165) is 25.9 Å². The van der Waals surface area contributed by atoms with Crippen LogP contribution in [0.5, 0.6) is 0 Å². The summed E-state index contributed by atoms with van der Waals surface area (Å²) in [5.41, 5.74) is 9.68. The van der Waals surface area contributed by atoms with Crippen LogP contribution < -0.4 is 11.1 Å². The number of benzene rings is 2. The van der Waals surface area contributed by atoms with Crippen LogP contribution in [0.3, 0.4) is 0 Å². The van der Waals surface area contributed by atoms with E-state index >= 15 is 0 Å². The Bertz CT molecular complexity index is 494. The zero-order chi connectivity index (χ0) is 14.0. The lowest BCUT2D eigenvalue weighted by atomic mass is 10.1. The molecule has 0 bridgehead atoms. The van der Waals surface area contributed by atoms with Crippen molar-refractivity contribution in [3.05, 3.63) is 71.3 Å². The van der Waals surface area contributed by atoms with Crippen molar-refractivity contribution in [1.29, 1.82) is 0 Å². The van der Waals surface area contributed by atoms with Gasteiger partial charge in [0.1, 0.15) is 0 Å². The fourth-order valence-corrected chi connectivity index (χ4v) is 2.36. The van der Waals surface area contributed by atoms with Gasteiger partial charge in [-0.15, -0.1) is 0 Å². The minimum Gasteiger partial charge on any atom is -0.330 e. The van der Waals surface area contributed by atoms with Gasteiger partial charge in [-0.05, 0) is 49.0 Å². The highest BCUT2D eigenvalue weighted by molar-refractivity contribution is 5.23. The Hall–Kier alpha value is -1.64. The fourth-order valence-electron chi connectivity index (χ4n) is 2.36. The molecule has 0 saturated carbocycles. The molecule has 0 amide bonds. The molecule has 2 rings (SSSR count). The van der Waals surface area contributed by atoms with Gasteiger partial charge in [0.05, 0.1) is 0 Å². The van der Waals surface area contributed by atoms with E-state index in [4.69, 9.17) is 5.73 Å². The lowest BCUT2D eigenvalue weighted by molar-refractivity contribution is 0.649. The first-order valence-electron chi connectivity index (χ1n) is 7.41. The SMILES string of the molecule is NCCc1cccc(CNCCCc2ccccc2)c1. The highest BCUT2D eigenvalue weighted by Gasteiger charge is 1.96. The summed E-state index contributed by atoms with van der Waals surface area (Å²) in [5, 5.41) is 3.51. The summed E-state index contributed by atoms with van der Waals surface area (Å²) in [5.74, 6) is 0. The summed E-state index contributed by atoms with van der Waals surface area (Å²) >= 11 is 0. The Kier molecular flexibility index (Phi) is 6.28. The summed E-state index contributed by atoms with van der Waals surface area (Å²) in [6, 6.07) is 19.3. The van der Waals surface area contributed by atoms with Crippen LogP contribution in [0.15, 0.2) is 54.6 Å². The van der Waals surface area contributed by atoms with Crippen LogP contribution >= 0.6 is 0 Å². The van der Waals surface area contributed by atoms with Crippen molar-refractivity contribution in [3.63, 3.8) is 0 Å². The Balaban J connectivity index is 1.67. The molecule has 2 nitrogen and oxygen atoms in total. The van der Waals surface area contributed by atoms with E-state index < -0.39 is 0 Å². The van der Waals surface area contributed by atoms with Gasteiger partial charge in [0.25, 0.3) is 0 Å². The Morgan fingerprint density at radius 1 is 0.800 bits per heavy atom. The lowest BCUT2D eigenvalue weighted by Crippen LogP contribution is -2.15. The van der Waals surface area contributed by atoms with E-state index in [1.54, 1.807) is 0 Å². The topological polar surface area (TPSA) is 38.0 Å². The number of rotatable bonds is 8. The summed E-state index contributed by atoms with van der Waals surface area (Å²) in [6.45, 7) is 2.71. The van der Waals surface area contributed by atoms with Crippen LogP contribution in [-0.2, 0) is 19.4 Å². The Morgan fingerprint density at radius 2 is 1.55 bits per heavy atom. The molecule has 0 fully saturated rings. The number of nitrogens with two attached hydrogens (primary N) is 1. The molecular weight excluding hydrogens is 244 g/mol. The van der Waals surface area contributed by atoms with Crippen LogP contribution in [0.4, 0.5) is 0 Å². The van der Waals surface area contributed by atoms with Crippen molar-refractivity contribution in [1.82, 2.24) is 5.32 Å². The van der Waals surface area contributed by atoms with Crippen LogP contribution in [-0.4, -0.2) is 13.1 Å². The molecule has 0 aliphatic rings. The largest absolute Gasteiger partial charge is 0.330 e. The second-order valence-corrected chi connectivity index (χ2v) is 5.12. The summed E-state index contributed by atoms with van der Waals surface area (Å²) in [7, 11) is 0. The molecule has 0 aliphatic carbocycles. The fraction of sp³-hybridized carbons (Fsp3) is 0.333. The van der Waals surface area contributed by atoms with E-state index in [1.807, 2.05) is 0 Å². The number of hydrogen-bond acceptors (Lipinski definition) is 2. The quantitative estimate of drug-likeness (QED) is 0.722. The maximum absolute atomic E-state index is 5.59. The Labute approximate surface area is 122 Å². The van der Waals surface area contributed by atoms with Crippen LogP contribution in [0.1, 0.15) is 23.1 Å². The van der Waals surface area contributed by atoms with E-state index in [2.05, 4.69) is 59.9 Å². The van der Waals surface area contributed by atoms with E-state index in [-0.39, 0.29) is 0 Å². The minimum atomic E-state index is 0.716. The van der Waals surface area contributed by atoms with Gasteiger partial charge in [0, 0.05) is 6.54 Å². The van der Waals surface area contributed by atoms with E-state index in [0.29, 0.717) is 6.54 Å². The van der Waals surface area contributed by atoms with Gasteiger partial charge >= 0.3 is 0 Å². The normalized spacial score (nSPS) is 10.7. The van der Waals surface area contributed by atoms with Crippen molar-refractivity contribution in [2.75, 3.05) is 13.1 Å². The highest BCUT2D eigenvalue weighted by Crippen LogP contribution is 2.06. The molecule has 2 aromatic rings. The van der Waals surface area contributed by atoms with Crippen molar-refractivity contribution in [3.8, 4) is 0 Å². The first-order chi connectivity index (χ1) is 9.88. The van der Waals surface area contributed by atoms with Crippen LogP contribution in [0, 0.1) is 0 Å². The number of nitrogens with one attached hydrogen (secondary N) is 1. The predicted octanol–water partition coefficient (Wildman–Crippen LogP) is 2.91. The van der Waals surface area contributed by atoms with Gasteiger partial charge in [-0.1, -0.05) is 54.6 Å². The molecular formula is C18H24N2. The Morgan fingerprint density at radius 3 is 2.35 bits per heavy atom. The van der Waals surface area contributed by atoms with E-state index in [9.17, 15) is 0 Å². The maximum atomic E-state index is 5.59. The summed E-state index contributed by atoms with van der Waals surface area (Å²) < 4.78 is 0. The van der Waals surface area contributed by atoms with Crippen LogP contribution in [0.2, 0.25) is 0 Å². The highest BCUT2D eigenvalue weighted by atomic mass is 14.8. The average Bonchev–Trinajstić information content (AvgIpc) is 2.49. The molecule has 0 radical (unpaired) electrons. The molecule has 0 aromatic heterocycles. The van der Waals surface area contributed by atoms with Gasteiger partial charge < -0.3 is 11.1 Å². The first kappa shape index (κ1) is 14.8. The van der Waals surface area contributed by atoms with E-state index in [1.165, 1.54) is 23.1 Å². The molecule has 106 valence electrons. The molecule has 3 N–H and O–H groups in total. The minimum absolute atomic E-state index is 0.716. The first-order valence-corrected chi connectivity index (χ1v) is 7.41. The molecule has 0 spiro atoms. The molecule has 20 heavy (non-hydrogen) atoms. The van der Waals surface area contributed by atoms with Crippen molar-refractivity contribution < 1.29 is 0 Å². The van der Waals surface area contributed by atoms with Crippen molar-refractivity contribution >= 4 is 0 Å². The lowest BCUT2D eigenvalue weighted by Gasteiger charge is -2.07. The maximum Gasteiger partial charge on any atom is 0.0205 e. The third kappa shape index (κ3) is 5.16. The number of aryl methyl sites for hydroxylation is 1. The third-order valence-corrected chi connectivity index (χ3v) is 3.42. The molecule has 0 saturated heterocycles. The van der Waals surface area contributed by atoms with Gasteiger partial charge in [-0.3, -0.25) is 0 Å². The molecule has 0 atom stereocenters. The third-order valence-electron chi connectivity index (χ3n) is 3.42. The summed E-state index contributed by atoms with van der Waals surface area (Å²) in [4.78, 5) is 0. The monoisotopic (exact) mass is 268 g/mol. The predicted molar refractivity (Wildman–Crippen MR) is 85.7 cm³/mol. The van der Waals surface area contributed by atoms with Crippen molar-refractivity contribution in [2.45, 2.75) is 25.8 Å². The molecule has 2 heteroatoms. The summed E-state index contributed by atoms with van der Waals surface area (Å²) in [6.07, 6.45) is 3.27. The van der Waals surface area contributed by atoms with Crippen molar-refractivity contribution in [2.24, 2.45) is 5.73 Å². The zero-order valence-electron chi connectivity index (χ0n) is 12.0. The molecule has 2 aromatic carbocycles. The average molecular weight is 268 g/mol. The zero-order valence-corrected chi connectivity index (χ0v) is 12.0. The van der Waals surface area contributed by atoms with Gasteiger partial charge in [-0.2, -0.15) is 0 Å². The standard InChI is InChI=1S/C18H24N2/c19-12-11-17-8-4-9-18(14-17)15-20-13-5-10-16-6-2-1-3-7-16/h1-4,6-9,14,20H,5,10-13,15,19H2. The second-order valence-electron chi connectivity index (χ2n) is 5.12. The second kappa shape index (κ2) is 8.51. The van der Waals surface area contributed by atoms with Gasteiger partial charge in [-0.25, -0.2) is 0 Å². The van der Waals surface area contributed by atoms with Crippen LogP contribution in [0.25, 0.3) is 0 Å². The molecule has 0 unspecified atom stereocenters. The van der Waals surface area contributed by atoms with Gasteiger partial charge in [0.15, 0.2) is 0 Å². The van der Waals surface area contributed by atoms with Gasteiger partial charge in [0.2, 0.25) is 0 Å². The molecule has 0 heterocycles. The number of hydrogen-bond donors (Lipinski definition) is 2. The smallest absolute Gasteiger partial charge is 0.0205 e.